The number of carboxylic acid groups (broad SMARTS) is 1. The number of amides is 1. The molecule has 7 nitrogen and oxygen atoms in total. The van der Waals surface area contributed by atoms with E-state index >= 15 is 0 Å². The van der Waals surface area contributed by atoms with E-state index < -0.39 is 16.8 Å². The molecule has 0 radical (unpaired) electrons. The maximum absolute atomic E-state index is 12.0. The summed E-state index contributed by atoms with van der Waals surface area (Å²) in [6, 6.07) is 4.13. The molecule has 7 heteroatoms. The van der Waals surface area contributed by atoms with Gasteiger partial charge in [0.15, 0.2) is 0 Å². The lowest BCUT2D eigenvalue weighted by Crippen LogP contribution is -2.53. The van der Waals surface area contributed by atoms with Crippen LogP contribution in [-0.2, 0) is 4.79 Å². The number of carbonyl (C=O) groups excluding carboxylic acids is 1. The predicted molar refractivity (Wildman–Crippen MR) is 64.9 cm³/mol. The van der Waals surface area contributed by atoms with E-state index in [1.54, 1.807) is 6.92 Å². The first kappa shape index (κ1) is 13.0. The first-order valence-electron chi connectivity index (χ1n) is 5.67. The van der Waals surface area contributed by atoms with Crippen LogP contribution in [0.3, 0.4) is 0 Å². The van der Waals surface area contributed by atoms with Crippen LogP contribution in [0.2, 0.25) is 0 Å². The highest BCUT2D eigenvalue weighted by Gasteiger charge is 2.36. The molecule has 0 bridgehead atoms. The fourth-order valence-corrected chi connectivity index (χ4v) is 1.98. The minimum atomic E-state index is -0.913. The van der Waals surface area contributed by atoms with E-state index in [0.29, 0.717) is 11.1 Å². The molecular formula is C12H12N2O5. The number of aryl methyl sites for hydroxylation is 1. The van der Waals surface area contributed by atoms with E-state index in [9.17, 15) is 19.7 Å². The van der Waals surface area contributed by atoms with Crippen LogP contribution in [0.25, 0.3) is 0 Å². The Morgan fingerprint density at radius 1 is 1.42 bits per heavy atom. The molecule has 1 heterocycles. The lowest BCUT2D eigenvalue weighted by Gasteiger charge is -2.36. The summed E-state index contributed by atoms with van der Waals surface area (Å²) in [7, 11) is 0. The van der Waals surface area contributed by atoms with Crippen LogP contribution in [0, 0.1) is 23.0 Å². The van der Waals surface area contributed by atoms with Crippen LogP contribution < -0.4 is 0 Å². The summed E-state index contributed by atoms with van der Waals surface area (Å²) in [5, 5.41) is 19.4. The Labute approximate surface area is 108 Å². The number of aliphatic carboxylic acids is 1. The fourth-order valence-electron chi connectivity index (χ4n) is 1.98. The molecule has 1 aromatic rings. The number of nitrogens with zero attached hydrogens (tertiary/aromatic N) is 2. The molecule has 0 spiro atoms. The van der Waals surface area contributed by atoms with E-state index in [2.05, 4.69) is 0 Å². The zero-order valence-corrected chi connectivity index (χ0v) is 10.2. The third-order valence-electron chi connectivity index (χ3n) is 3.16. The summed E-state index contributed by atoms with van der Waals surface area (Å²) < 4.78 is 0. The normalized spacial score (nSPS) is 14.9. The maximum atomic E-state index is 12.0. The molecular weight excluding hydrogens is 252 g/mol. The largest absolute Gasteiger partial charge is 0.481 e. The Bertz CT molecular complexity index is 563. The Hall–Kier alpha value is -2.44. The summed E-state index contributed by atoms with van der Waals surface area (Å²) in [4.78, 5) is 34.2. The summed E-state index contributed by atoms with van der Waals surface area (Å²) >= 11 is 0. The van der Waals surface area contributed by atoms with Gasteiger partial charge >= 0.3 is 5.97 Å². The van der Waals surface area contributed by atoms with Gasteiger partial charge in [0.05, 0.1) is 10.8 Å². The Balaban J connectivity index is 2.11. The molecule has 0 aliphatic carbocycles. The van der Waals surface area contributed by atoms with Gasteiger partial charge in [-0.2, -0.15) is 0 Å². The van der Waals surface area contributed by atoms with Gasteiger partial charge in [0.1, 0.15) is 0 Å². The molecule has 0 saturated carbocycles. The van der Waals surface area contributed by atoms with Gasteiger partial charge in [-0.3, -0.25) is 19.7 Å². The maximum Gasteiger partial charge on any atom is 0.310 e. The van der Waals surface area contributed by atoms with Gasteiger partial charge in [0.25, 0.3) is 11.6 Å². The lowest BCUT2D eigenvalue weighted by atomic mass is 9.98. The smallest absolute Gasteiger partial charge is 0.310 e. The van der Waals surface area contributed by atoms with Crippen molar-refractivity contribution in [3.8, 4) is 0 Å². The van der Waals surface area contributed by atoms with Crippen molar-refractivity contribution in [2.24, 2.45) is 5.92 Å². The van der Waals surface area contributed by atoms with E-state index in [1.165, 1.54) is 23.1 Å². The molecule has 1 N–H and O–H groups in total. The molecule has 1 amide bonds. The summed E-state index contributed by atoms with van der Waals surface area (Å²) in [6.07, 6.45) is 0. The van der Waals surface area contributed by atoms with Gasteiger partial charge in [0, 0.05) is 30.3 Å². The zero-order valence-electron chi connectivity index (χ0n) is 10.2. The van der Waals surface area contributed by atoms with Crippen molar-refractivity contribution in [2.75, 3.05) is 13.1 Å². The summed E-state index contributed by atoms with van der Waals surface area (Å²) in [6.45, 7) is 1.93. The number of likely N-dealkylation sites (tertiary alicyclic amines) is 1. The molecule has 100 valence electrons. The monoisotopic (exact) mass is 264 g/mol. The third kappa shape index (κ3) is 2.40. The van der Waals surface area contributed by atoms with E-state index in [1.807, 2.05) is 0 Å². The first-order chi connectivity index (χ1) is 8.90. The first-order valence-corrected chi connectivity index (χ1v) is 5.67. The molecule has 1 saturated heterocycles. The average molecular weight is 264 g/mol. The quantitative estimate of drug-likeness (QED) is 0.649. The Morgan fingerprint density at radius 3 is 2.53 bits per heavy atom. The van der Waals surface area contributed by atoms with Gasteiger partial charge in [-0.1, -0.05) is 0 Å². The number of hydrogen-bond donors (Lipinski definition) is 1. The van der Waals surface area contributed by atoms with Crippen LogP contribution in [0.15, 0.2) is 18.2 Å². The standard InChI is InChI=1S/C12H12N2O5/c1-7-4-8(2-3-10(7)14(18)19)11(15)13-5-9(6-13)12(16)17/h2-4,9H,5-6H2,1H3,(H,16,17). The molecule has 1 aliphatic heterocycles. The molecule has 1 aliphatic rings. The van der Waals surface area contributed by atoms with E-state index in [4.69, 9.17) is 5.11 Å². The van der Waals surface area contributed by atoms with Crippen LogP contribution in [0.4, 0.5) is 5.69 Å². The molecule has 1 aromatic carbocycles. The topological polar surface area (TPSA) is 101 Å². The number of carbonyl (C=O) groups is 2. The number of nitro groups is 1. The van der Waals surface area contributed by atoms with Gasteiger partial charge in [-0.25, -0.2) is 0 Å². The summed E-state index contributed by atoms with van der Waals surface area (Å²) in [5.41, 5.74) is 0.710. The van der Waals surface area contributed by atoms with Crippen molar-refractivity contribution < 1.29 is 19.6 Å². The highest BCUT2D eigenvalue weighted by molar-refractivity contribution is 5.96. The van der Waals surface area contributed by atoms with Crippen molar-refractivity contribution in [3.05, 3.63) is 39.4 Å². The summed E-state index contributed by atoms with van der Waals surface area (Å²) in [5.74, 6) is -1.72. The number of rotatable bonds is 3. The second-order valence-corrected chi connectivity index (χ2v) is 4.50. The van der Waals surface area contributed by atoms with Crippen molar-refractivity contribution in [1.82, 2.24) is 4.90 Å². The minimum Gasteiger partial charge on any atom is -0.481 e. The van der Waals surface area contributed by atoms with Crippen molar-refractivity contribution >= 4 is 17.6 Å². The van der Waals surface area contributed by atoms with Crippen molar-refractivity contribution in [2.45, 2.75) is 6.92 Å². The van der Waals surface area contributed by atoms with Crippen LogP contribution in [0.1, 0.15) is 15.9 Å². The Morgan fingerprint density at radius 2 is 2.05 bits per heavy atom. The highest BCUT2D eigenvalue weighted by Crippen LogP contribution is 2.23. The SMILES string of the molecule is Cc1cc(C(=O)N2CC(C(=O)O)C2)ccc1[N+](=O)[O-]. The predicted octanol–water partition coefficient (Wildman–Crippen LogP) is 1.06. The van der Waals surface area contributed by atoms with Crippen LogP contribution >= 0.6 is 0 Å². The average Bonchev–Trinajstić information content (AvgIpc) is 2.25. The number of carboxylic acids is 1. The minimum absolute atomic E-state index is 0.0384. The third-order valence-corrected chi connectivity index (χ3v) is 3.16. The number of hydrogen-bond acceptors (Lipinski definition) is 4. The van der Waals surface area contributed by atoms with Gasteiger partial charge in [-0.15, -0.1) is 0 Å². The van der Waals surface area contributed by atoms with Gasteiger partial charge < -0.3 is 10.0 Å². The second-order valence-electron chi connectivity index (χ2n) is 4.50. The molecule has 0 atom stereocenters. The van der Waals surface area contributed by atoms with Crippen molar-refractivity contribution in [3.63, 3.8) is 0 Å². The van der Waals surface area contributed by atoms with Gasteiger partial charge in [-0.05, 0) is 19.1 Å². The molecule has 1 fully saturated rings. The molecule has 0 aromatic heterocycles. The van der Waals surface area contributed by atoms with E-state index in [-0.39, 0.29) is 24.7 Å². The molecule has 2 rings (SSSR count). The Kier molecular flexibility index (Phi) is 3.20. The van der Waals surface area contributed by atoms with Crippen molar-refractivity contribution in [1.29, 1.82) is 0 Å². The van der Waals surface area contributed by atoms with Crippen LogP contribution in [0.5, 0.6) is 0 Å². The second kappa shape index (κ2) is 4.68. The van der Waals surface area contributed by atoms with Crippen LogP contribution in [-0.4, -0.2) is 39.9 Å². The number of benzene rings is 1. The van der Waals surface area contributed by atoms with E-state index in [0.717, 1.165) is 0 Å². The molecule has 19 heavy (non-hydrogen) atoms. The zero-order chi connectivity index (χ0) is 14.2. The molecule has 0 unspecified atom stereocenters. The number of nitro benzene ring substituents is 1. The highest BCUT2D eigenvalue weighted by atomic mass is 16.6. The lowest BCUT2D eigenvalue weighted by molar-refractivity contribution is -0.385. The fraction of sp³-hybridized carbons (Fsp3) is 0.333. The van der Waals surface area contributed by atoms with Gasteiger partial charge in [0.2, 0.25) is 0 Å².